The molecule has 2 N–H and O–H groups in total. The molecule has 0 saturated heterocycles. The summed E-state index contributed by atoms with van der Waals surface area (Å²) in [6.07, 6.45) is 5.69. The lowest BCUT2D eigenvalue weighted by Crippen LogP contribution is -2.60. The first-order valence-electron chi connectivity index (χ1n) is 9.96. The molecule has 2 atom stereocenters. The molecule has 0 bridgehead atoms. The third-order valence-electron chi connectivity index (χ3n) is 6.43. The number of hydrogen-bond donors (Lipinski definition) is 2. The maximum atomic E-state index is 11.3. The number of para-hydroxylation sites is 1. The summed E-state index contributed by atoms with van der Waals surface area (Å²) in [7, 11) is 0. The van der Waals surface area contributed by atoms with Crippen molar-refractivity contribution in [3.8, 4) is 0 Å². The number of nitrogens with one attached hydrogen (secondary N) is 1. The molecule has 0 radical (unpaired) electrons. The molecular weight excluding hydrogens is 390 g/mol. The highest BCUT2D eigenvalue weighted by Crippen LogP contribution is 2.45. The Morgan fingerprint density at radius 3 is 2.86 bits per heavy atom. The Morgan fingerprint density at radius 1 is 1.17 bits per heavy atom. The minimum atomic E-state index is -0.743. The van der Waals surface area contributed by atoms with E-state index in [1.807, 2.05) is 28.9 Å². The molecule has 1 fully saturated rings. The number of benzene rings is 1. The van der Waals surface area contributed by atoms with Crippen LogP contribution in [0.1, 0.15) is 44.0 Å². The number of halogens is 1. The lowest BCUT2D eigenvalue weighted by atomic mass is 9.78. The molecule has 1 aromatic carbocycles. The first-order chi connectivity index (χ1) is 14.2. The van der Waals surface area contributed by atoms with Crippen molar-refractivity contribution in [1.29, 1.82) is 0 Å². The standard InChI is InChI=1S/C20H20ClN7O/c21-19-22-11-12-10-15-17(28-14-7-3-2-6-13(14)25-26-28)23-18(29)20(8-4-1-5-9-20)27(15)16(12)24-19/h2-3,6-7,10-11,17-18,23,29H,1,4-5,8-9H2. The van der Waals surface area contributed by atoms with E-state index in [9.17, 15) is 5.11 Å². The first kappa shape index (κ1) is 17.3. The van der Waals surface area contributed by atoms with Crippen LogP contribution in [0.25, 0.3) is 22.1 Å². The Hall–Kier alpha value is -2.55. The fraction of sp³-hybridized carbons (Fsp3) is 0.400. The molecule has 1 saturated carbocycles. The van der Waals surface area contributed by atoms with E-state index in [4.69, 9.17) is 11.6 Å². The van der Waals surface area contributed by atoms with Gasteiger partial charge in [0.25, 0.3) is 0 Å². The highest BCUT2D eigenvalue weighted by Gasteiger charge is 2.48. The molecular formula is C20H20ClN7O. The largest absolute Gasteiger partial charge is 0.376 e. The Bertz CT molecular complexity index is 1230. The van der Waals surface area contributed by atoms with E-state index in [0.29, 0.717) is 0 Å². The van der Waals surface area contributed by atoms with E-state index in [0.717, 1.165) is 53.4 Å². The molecule has 1 aliphatic carbocycles. The van der Waals surface area contributed by atoms with Crippen LogP contribution in [0.5, 0.6) is 0 Å². The summed E-state index contributed by atoms with van der Waals surface area (Å²) in [5.41, 5.74) is 3.00. The molecule has 0 amide bonds. The molecule has 6 rings (SSSR count). The van der Waals surface area contributed by atoms with Gasteiger partial charge < -0.3 is 9.67 Å². The summed E-state index contributed by atoms with van der Waals surface area (Å²) in [4.78, 5) is 8.71. The molecule has 1 aliphatic heterocycles. The maximum Gasteiger partial charge on any atom is 0.224 e. The van der Waals surface area contributed by atoms with Crippen LogP contribution in [-0.4, -0.2) is 40.9 Å². The van der Waals surface area contributed by atoms with Crippen LogP contribution >= 0.6 is 11.6 Å². The molecule has 2 unspecified atom stereocenters. The van der Waals surface area contributed by atoms with Crippen molar-refractivity contribution in [3.05, 3.63) is 47.5 Å². The lowest BCUT2D eigenvalue weighted by molar-refractivity contribution is -0.0458. The summed E-state index contributed by atoms with van der Waals surface area (Å²) >= 11 is 6.15. The van der Waals surface area contributed by atoms with Gasteiger partial charge in [0.2, 0.25) is 5.28 Å². The Morgan fingerprint density at radius 2 is 2.00 bits per heavy atom. The zero-order valence-electron chi connectivity index (χ0n) is 15.7. The molecule has 9 heteroatoms. The fourth-order valence-electron chi connectivity index (χ4n) is 5.10. The number of aliphatic hydroxyl groups excluding tert-OH is 1. The first-order valence-corrected chi connectivity index (χ1v) is 10.3. The summed E-state index contributed by atoms with van der Waals surface area (Å²) in [5, 5.41) is 24.6. The zero-order valence-corrected chi connectivity index (χ0v) is 16.4. The molecule has 3 aromatic heterocycles. The zero-order chi connectivity index (χ0) is 19.6. The van der Waals surface area contributed by atoms with Crippen molar-refractivity contribution >= 4 is 33.7 Å². The van der Waals surface area contributed by atoms with E-state index in [1.165, 1.54) is 6.42 Å². The predicted molar refractivity (Wildman–Crippen MR) is 108 cm³/mol. The van der Waals surface area contributed by atoms with Gasteiger partial charge in [0.15, 0.2) is 0 Å². The molecule has 1 spiro atoms. The van der Waals surface area contributed by atoms with E-state index >= 15 is 0 Å². The monoisotopic (exact) mass is 409 g/mol. The topological polar surface area (TPSA) is 93.7 Å². The van der Waals surface area contributed by atoms with Crippen molar-refractivity contribution in [3.63, 3.8) is 0 Å². The van der Waals surface area contributed by atoms with Crippen molar-refractivity contribution in [2.45, 2.75) is 50.0 Å². The van der Waals surface area contributed by atoms with Gasteiger partial charge in [-0.15, -0.1) is 5.10 Å². The van der Waals surface area contributed by atoms with Gasteiger partial charge in [-0.1, -0.05) is 36.6 Å². The number of rotatable bonds is 1. The maximum absolute atomic E-state index is 11.3. The molecule has 8 nitrogen and oxygen atoms in total. The average molecular weight is 410 g/mol. The van der Waals surface area contributed by atoms with Crippen molar-refractivity contribution in [2.75, 3.05) is 0 Å². The van der Waals surface area contributed by atoms with Crippen LogP contribution in [0.3, 0.4) is 0 Å². The highest BCUT2D eigenvalue weighted by atomic mass is 35.5. The van der Waals surface area contributed by atoms with Gasteiger partial charge in [-0.3, -0.25) is 5.32 Å². The lowest BCUT2D eigenvalue weighted by Gasteiger charge is -2.48. The molecule has 4 heterocycles. The van der Waals surface area contributed by atoms with E-state index < -0.39 is 11.8 Å². The van der Waals surface area contributed by atoms with Crippen LogP contribution < -0.4 is 5.32 Å². The Labute approximate surface area is 171 Å². The molecule has 148 valence electrons. The van der Waals surface area contributed by atoms with Gasteiger partial charge in [0, 0.05) is 11.6 Å². The summed E-state index contributed by atoms with van der Waals surface area (Å²) in [6.45, 7) is 0. The molecule has 4 aromatic rings. The van der Waals surface area contributed by atoms with Crippen molar-refractivity contribution in [1.82, 2.24) is 34.8 Å². The van der Waals surface area contributed by atoms with Gasteiger partial charge in [-0.25, -0.2) is 9.67 Å². The van der Waals surface area contributed by atoms with E-state index in [-0.39, 0.29) is 11.4 Å². The van der Waals surface area contributed by atoms with Gasteiger partial charge in [0.1, 0.15) is 23.6 Å². The van der Waals surface area contributed by atoms with Crippen LogP contribution in [0.2, 0.25) is 5.28 Å². The number of aliphatic hydroxyl groups is 1. The second-order valence-electron chi connectivity index (χ2n) is 7.98. The second kappa shape index (κ2) is 6.22. The molecule has 29 heavy (non-hydrogen) atoms. The SMILES string of the molecule is OC1NC(n2nnc3ccccc32)c2cc3cnc(Cl)nc3n2C12CCCCC2. The summed E-state index contributed by atoms with van der Waals surface area (Å²) in [5.74, 6) is 0. The van der Waals surface area contributed by atoms with Gasteiger partial charge in [-0.2, -0.15) is 4.98 Å². The smallest absolute Gasteiger partial charge is 0.224 e. The fourth-order valence-corrected chi connectivity index (χ4v) is 5.23. The predicted octanol–water partition coefficient (Wildman–Crippen LogP) is 2.96. The number of aromatic nitrogens is 6. The van der Waals surface area contributed by atoms with Crippen LogP contribution in [-0.2, 0) is 5.54 Å². The van der Waals surface area contributed by atoms with Crippen LogP contribution in [0.15, 0.2) is 36.5 Å². The van der Waals surface area contributed by atoms with Gasteiger partial charge >= 0.3 is 0 Å². The van der Waals surface area contributed by atoms with E-state index in [2.05, 4.69) is 36.2 Å². The quantitative estimate of drug-likeness (QED) is 0.469. The van der Waals surface area contributed by atoms with Crippen molar-refractivity contribution < 1.29 is 5.11 Å². The van der Waals surface area contributed by atoms with Gasteiger partial charge in [-0.05, 0) is 42.6 Å². The minimum absolute atomic E-state index is 0.208. The number of nitrogens with zero attached hydrogens (tertiary/aromatic N) is 6. The van der Waals surface area contributed by atoms with Crippen molar-refractivity contribution in [2.24, 2.45) is 0 Å². The highest BCUT2D eigenvalue weighted by molar-refractivity contribution is 6.28. The Kier molecular flexibility index (Phi) is 3.72. The van der Waals surface area contributed by atoms with E-state index in [1.54, 1.807) is 6.20 Å². The third kappa shape index (κ3) is 2.39. The van der Waals surface area contributed by atoms with Gasteiger partial charge in [0.05, 0.1) is 16.7 Å². The normalized spacial score (nSPS) is 23.7. The van der Waals surface area contributed by atoms with Crippen LogP contribution in [0.4, 0.5) is 0 Å². The number of hydrogen-bond acceptors (Lipinski definition) is 6. The summed E-state index contributed by atoms with van der Waals surface area (Å²) < 4.78 is 4.02. The minimum Gasteiger partial charge on any atom is -0.376 e. The molecule has 2 aliphatic rings. The average Bonchev–Trinajstić information content (AvgIpc) is 3.33. The number of fused-ring (bicyclic) bond motifs is 5. The second-order valence-corrected chi connectivity index (χ2v) is 8.32. The third-order valence-corrected chi connectivity index (χ3v) is 6.61. The Balaban J connectivity index is 1.63. The van der Waals surface area contributed by atoms with Crippen LogP contribution in [0, 0.1) is 0 Å². The summed E-state index contributed by atoms with van der Waals surface area (Å²) in [6, 6.07) is 9.89.